The van der Waals surface area contributed by atoms with Gasteiger partial charge >= 0.3 is 153 Å². The van der Waals surface area contributed by atoms with Gasteiger partial charge in [-0.25, -0.2) is 4.98 Å². The van der Waals surface area contributed by atoms with Crippen molar-refractivity contribution in [3.63, 3.8) is 0 Å². The number of pyridine rings is 1. The topological polar surface area (TPSA) is 35.9 Å². The van der Waals surface area contributed by atoms with Crippen LogP contribution in [-0.2, 0) is 5.41 Å². The Labute approximate surface area is 327 Å². The minimum atomic E-state index is -1.58. The largest absolute Gasteiger partial charge is 0.0592 e. The predicted molar refractivity (Wildman–Crippen MR) is 230 cm³/mol. The molecule has 1 saturated carbocycles. The molecule has 0 unspecified atom stereocenters. The molecular formula is C49H51GeN4O+. The van der Waals surface area contributed by atoms with Crippen LogP contribution in [0, 0.1) is 0 Å². The smallest absolute Gasteiger partial charge is 0.0149 e. The number of nitrogens with zero attached hydrogens (tertiary/aromatic N) is 4. The molecule has 0 aliphatic heterocycles. The normalized spacial score (nSPS) is 16.6. The Hall–Kier alpha value is -5.14. The van der Waals surface area contributed by atoms with E-state index in [0.717, 1.165) is 44.3 Å². The van der Waals surface area contributed by atoms with Gasteiger partial charge in [-0.3, -0.25) is 4.57 Å². The molecule has 276 valence electrons. The average Bonchev–Trinajstić information content (AvgIpc) is 3.74. The number of imidazole rings is 1. The van der Waals surface area contributed by atoms with Gasteiger partial charge < -0.3 is 4.74 Å². The summed E-state index contributed by atoms with van der Waals surface area (Å²) in [5, 5.41) is 2.37. The maximum Gasteiger partial charge on any atom is 0.0592 e. The second-order valence-electron chi connectivity index (χ2n) is 17.6. The van der Waals surface area contributed by atoms with Crippen LogP contribution in [0.3, 0.4) is 0 Å². The van der Waals surface area contributed by atoms with Crippen molar-refractivity contribution in [3.05, 3.63) is 151 Å². The molecule has 0 atom stereocenters. The first-order valence-corrected chi connectivity index (χ1v) is 27.4. The van der Waals surface area contributed by atoms with Crippen LogP contribution in [0.4, 0.5) is 0 Å². The Morgan fingerprint density at radius 1 is 0.673 bits per heavy atom. The third kappa shape index (κ3) is 6.77. The van der Waals surface area contributed by atoms with Gasteiger partial charge in [-0.1, -0.05) is 51.1 Å². The van der Waals surface area contributed by atoms with E-state index in [-0.39, 0.29) is 5.41 Å². The van der Waals surface area contributed by atoms with Gasteiger partial charge in [0.15, 0.2) is 0 Å². The summed E-state index contributed by atoms with van der Waals surface area (Å²) in [5.41, 5.74) is 9.48. The summed E-state index contributed by atoms with van der Waals surface area (Å²) in [4.78, 5) is 4.86. The molecule has 8 aromatic rings. The molecule has 6 heteroatoms. The first-order valence-electron chi connectivity index (χ1n) is 19.9. The second-order valence-corrected chi connectivity index (χ2v) is 29.3. The van der Waals surface area contributed by atoms with Crippen LogP contribution < -0.4 is 9.30 Å². The van der Waals surface area contributed by atoms with Crippen molar-refractivity contribution in [1.82, 2.24) is 14.1 Å². The molecule has 1 fully saturated rings. The number of benzene rings is 5. The van der Waals surface area contributed by atoms with Crippen LogP contribution in [0.5, 0.6) is 11.5 Å². The fourth-order valence-corrected chi connectivity index (χ4v) is 13.2. The van der Waals surface area contributed by atoms with Crippen LogP contribution in [0.25, 0.3) is 50.0 Å². The average molecular weight is 785 g/mol. The Morgan fingerprint density at radius 3 is 2.15 bits per heavy atom. The summed E-state index contributed by atoms with van der Waals surface area (Å²) in [7, 11) is 0. The molecule has 5 nitrogen and oxygen atoms in total. The molecule has 3 aromatic heterocycles. The molecule has 55 heavy (non-hydrogen) atoms. The van der Waals surface area contributed by atoms with Crippen molar-refractivity contribution in [1.29, 1.82) is 0 Å². The van der Waals surface area contributed by atoms with E-state index in [9.17, 15) is 0 Å². The zero-order valence-corrected chi connectivity index (χ0v) is 35.1. The number of ether oxygens (including phenoxy) is 1. The summed E-state index contributed by atoms with van der Waals surface area (Å²) >= 11 is -1.58. The number of para-hydroxylation sites is 3. The van der Waals surface area contributed by atoms with Gasteiger partial charge in [-0.2, -0.15) is 0 Å². The number of fused-ring (bicyclic) bond motifs is 4. The quantitative estimate of drug-likeness (QED) is 0.119. The van der Waals surface area contributed by atoms with Gasteiger partial charge in [0.2, 0.25) is 0 Å². The van der Waals surface area contributed by atoms with Crippen molar-refractivity contribution in [2.75, 3.05) is 0 Å². The van der Waals surface area contributed by atoms with Gasteiger partial charge in [0.25, 0.3) is 0 Å². The van der Waals surface area contributed by atoms with Crippen LogP contribution in [0.15, 0.2) is 140 Å². The molecule has 0 saturated heterocycles. The van der Waals surface area contributed by atoms with Crippen molar-refractivity contribution in [3.8, 4) is 28.7 Å². The molecule has 0 amide bonds. The van der Waals surface area contributed by atoms with Crippen molar-refractivity contribution >= 4 is 46.1 Å². The predicted octanol–water partition coefficient (Wildman–Crippen LogP) is 12.9. The maximum atomic E-state index is 6.66. The molecule has 0 N–H and O–H groups in total. The van der Waals surface area contributed by atoms with Gasteiger partial charge in [-0.05, 0) is 53.4 Å². The summed E-state index contributed by atoms with van der Waals surface area (Å²) in [6, 6.07) is 45.7. The first kappa shape index (κ1) is 35.6. The van der Waals surface area contributed by atoms with E-state index in [0.29, 0.717) is 5.92 Å². The number of hydrogen-bond donors (Lipinski definition) is 0. The van der Waals surface area contributed by atoms with Crippen LogP contribution >= 0.6 is 0 Å². The monoisotopic (exact) mass is 785 g/mol. The molecule has 0 spiro atoms. The zero-order valence-electron chi connectivity index (χ0n) is 33.0. The molecule has 9 rings (SSSR count). The van der Waals surface area contributed by atoms with E-state index in [1.54, 1.807) is 0 Å². The van der Waals surface area contributed by atoms with Crippen LogP contribution in [0.1, 0.15) is 63.5 Å². The molecule has 1 aliphatic carbocycles. The van der Waals surface area contributed by atoms with Crippen LogP contribution in [0.2, 0.25) is 22.0 Å². The van der Waals surface area contributed by atoms with E-state index in [1.165, 1.54) is 58.8 Å². The summed E-state index contributed by atoms with van der Waals surface area (Å²) < 4.78 is 14.5. The SMILES string of the molecule is CC(C)(C)c1ccnc(-n2c3ccccc3c3ccc(Oc4cccc(-n5c[n+](-c6ccc(C7CC[CH]([Ge]([CH3])([CH3])[CH3])CC7)cc6)c6ccccc65)c4)cc32)c1. The van der Waals surface area contributed by atoms with Gasteiger partial charge in [0, 0.05) is 29.1 Å². The fraction of sp³-hybridized carbons (Fsp3) is 0.265. The van der Waals surface area contributed by atoms with Gasteiger partial charge in [-0.15, -0.1) is 0 Å². The minimum Gasteiger partial charge on any atom is -0.0149 e. The number of hydrogen-bond acceptors (Lipinski definition) is 2. The first-order chi connectivity index (χ1) is 26.5. The number of aromatic nitrogens is 4. The Kier molecular flexibility index (Phi) is 8.96. The van der Waals surface area contributed by atoms with Gasteiger partial charge in [0.1, 0.15) is 17.3 Å². The van der Waals surface area contributed by atoms with Crippen LogP contribution in [-0.4, -0.2) is 27.4 Å². The zero-order chi connectivity index (χ0) is 37.9. The molecule has 0 bridgehead atoms. The summed E-state index contributed by atoms with van der Waals surface area (Å²) in [6.45, 7) is 6.73. The minimum absolute atomic E-state index is 0.0111. The maximum absolute atomic E-state index is 6.66. The molecule has 3 heterocycles. The van der Waals surface area contributed by atoms with E-state index >= 15 is 0 Å². The van der Waals surface area contributed by atoms with Crippen molar-refractivity contribution in [2.45, 2.75) is 79.8 Å². The molecule has 5 aromatic carbocycles. The third-order valence-corrected chi connectivity index (χ3v) is 18.4. The van der Waals surface area contributed by atoms with E-state index in [1.807, 2.05) is 12.3 Å². The Bertz CT molecular complexity index is 2670. The second kappa shape index (κ2) is 13.9. The van der Waals surface area contributed by atoms with Crippen molar-refractivity contribution in [2.24, 2.45) is 0 Å². The van der Waals surface area contributed by atoms with E-state index in [4.69, 9.17) is 9.72 Å². The Balaban J connectivity index is 1.03. The summed E-state index contributed by atoms with van der Waals surface area (Å²) in [6.07, 6.45) is 9.61. The van der Waals surface area contributed by atoms with Crippen molar-refractivity contribution < 1.29 is 9.30 Å². The molecular weight excluding hydrogens is 733 g/mol. The third-order valence-electron chi connectivity index (χ3n) is 12.0. The Morgan fingerprint density at radius 2 is 1.38 bits per heavy atom. The van der Waals surface area contributed by atoms with E-state index < -0.39 is 13.3 Å². The standard InChI is InChI=1S/C49H51GeN4O/c1-49(2,3)36-28-29-51-48(30-36)54-44-15-8-7-14-42(44)43-27-26-41(32-47(43)54)55-40-13-11-12-39(31-40)53-33-52(45-16-9-10-17-46(45)53)38-24-20-35(21-25-38)34-18-22-37(23-19-34)50(4,5)6/h7-17,20-21,24-34,37H,18-19,22-23H2,1-6H3/q+1. The van der Waals surface area contributed by atoms with Gasteiger partial charge in [0.05, 0.1) is 11.0 Å². The summed E-state index contributed by atoms with van der Waals surface area (Å²) in [5.74, 6) is 10.9. The molecule has 0 radical (unpaired) electrons. The fourth-order valence-electron chi connectivity index (χ4n) is 8.82. The van der Waals surface area contributed by atoms with E-state index in [2.05, 4.69) is 179 Å². The molecule has 1 aliphatic rings. The number of rotatable bonds is 7.